The molecule has 0 spiro atoms. The molecule has 8 heteroatoms. The highest BCUT2D eigenvalue weighted by atomic mass is 19.4. The van der Waals surface area contributed by atoms with Gasteiger partial charge in [0.15, 0.2) is 0 Å². The molecule has 5 nitrogen and oxygen atoms in total. The molecule has 0 aromatic rings. The van der Waals surface area contributed by atoms with E-state index >= 15 is 0 Å². The van der Waals surface area contributed by atoms with Gasteiger partial charge in [-0.3, -0.25) is 4.79 Å². The minimum Gasteiger partial charge on any atom is -0.475 e. The van der Waals surface area contributed by atoms with Crippen molar-refractivity contribution in [2.45, 2.75) is 18.6 Å². The van der Waals surface area contributed by atoms with Crippen molar-refractivity contribution in [1.82, 2.24) is 0 Å². The van der Waals surface area contributed by atoms with Crippen molar-refractivity contribution in [3.63, 3.8) is 0 Å². The SMILES string of the molecule is C#CCC(N)C(N)=O.O=C(O)C(F)(F)F. The minimum absolute atomic E-state index is 0.218. The number of primary amides is 1. The van der Waals surface area contributed by atoms with E-state index < -0.39 is 24.1 Å². The molecule has 5 N–H and O–H groups in total. The zero-order valence-electron chi connectivity index (χ0n) is 7.41. The van der Waals surface area contributed by atoms with Crippen LogP contribution in [0.3, 0.4) is 0 Å². The molecular weight excluding hydrogens is 217 g/mol. The molecular formula is C7H9F3N2O3. The number of carboxylic acids is 1. The number of amides is 1. The van der Waals surface area contributed by atoms with Gasteiger partial charge in [-0.15, -0.1) is 12.3 Å². The highest BCUT2D eigenvalue weighted by Crippen LogP contribution is 2.13. The van der Waals surface area contributed by atoms with Crippen LogP contribution < -0.4 is 11.5 Å². The van der Waals surface area contributed by atoms with Gasteiger partial charge in [-0.2, -0.15) is 13.2 Å². The van der Waals surface area contributed by atoms with Crippen molar-refractivity contribution in [2.24, 2.45) is 11.5 Å². The molecule has 86 valence electrons. The largest absolute Gasteiger partial charge is 0.490 e. The summed E-state index contributed by atoms with van der Waals surface area (Å²) in [7, 11) is 0. The molecule has 0 aliphatic rings. The van der Waals surface area contributed by atoms with E-state index in [0.29, 0.717) is 0 Å². The van der Waals surface area contributed by atoms with E-state index in [0.717, 1.165) is 0 Å². The fourth-order valence-corrected chi connectivity index (χ4v) is 0.228. The molecule has 0 aromatic heterocycles. The highest BCUT2D eigenvalue weighted by Gasteiger charge is 2.38. The lowest BCUT2D eigenvalue weighted by Gasteiger charge is -1.98. The molecule has 0 saturated carbocycles. The number of carbonyl (C=O) groups is 2. The van der Waals surface area contributed by atoms with Crippen LogP contribution in [0.25, 0.3) is 0 Å². The molecule has 0 aliphatic heterocycles. The number of alkyl halides is 3. The molecule has 0 saturated heterocycles. The molecule has 1 amide bonds. The van der Waals surface area contributed by atoms with E-state index in [1.54, 1.807) is 0 Å². The Balaban J connectivity index is 0. The van der Waals surface area contributed by atoms with Crippen LogP contribution in [-0.2, 0) is 9.59 Å². The first kappa shape index (κ1) is 15.7. The lowest BCUT2D eigenvalue weighted by atomic mass is 10.2. The third-order valence-electron chi connectivity index (χ3n) is 0.946. The normalized spacial score (nSPS) is 11.7. The zero-order chi connectivity index (χ0) is 12.6. The minimum atomic E-state index is -5.08. The van der Waals surface area contributed by atoms with Gasteiger partial charge < -0.3 is 16.6 Å². The van der Waals surface area contributed by atoms with Gasteiger partial charge >= 0.3 is 12.1 Å². The Morgan fingerprint density at radius 3 is 1.87 bits per heavy atom. The van der Waals surface area contributed by atoms with Crippen molar-refractivity contribution in [1.29, 1.82) is 0 Å². The average molecular weight is 226 g/mol. The average Bonchev–Trinajstić information content (AvgIpc) is 2.03. The molecule has 1 atom stereocenters. The third kappa shape index (κ3) is 10.2. The first-order chi connectivity index (χ1) is 6.62. The van der Waals surface area contributed by atoms with E-state index in [1.807, 2.05) is 0 Å². The van der Waals surface area contributed by atoms with Crippen LogP contribution in [0.1, 0.15) is 6.42 Å². The number of terminal acetylenes is 1. The molecule has 0 fully saturated rings. The summed E-state index contributed by atoms with van der Waals surface area (Å²) in [5.41, 5.74) is 9.87. The summed E-state index contributed by atoms with van der Waals surface area (Å²) in [6, 6.07) is -0.681. The van der Waals surface area contributed by atoms with Crippen LogP contribution in [0.4, 0.5) is 13.2 Å². The van der Waals surface area contributed by atoms with E-state index in [4.69, 9.17) is 27.8 Å². The van der Waals surface area contributed by atoms with Gasteiger partial charge in [0.1, 0.15) is 0 Å². The van der Waals surface area contributed by atoms with Gasteiger partial charge in [0.2, 0.25) is 5.91 Å². The molecule has 0 radical (unpaired) electrons. The Kier molecular flexibility index (Phi) is 6.98. The second kappa shape index (κ2) is 6.67. The lowest BCUT2D eigenvalue weighted by molar-refractivity contribution is -0.192. The fourth-order valence-electron chi connectivity index (χ4n) is 0.228. The maximum Gasteiger partial charge on any atom is 0.490 e. The Hall–Kier alpha value is -1.75. The molecule has 15 heavy (non-hydrogen) atoms. The van der Waals surface area contributed by atoms with Gasteiger partial charge in [-0.25, -0.2) is 4.79 Å². The van der Waals surface area contributed by atoms with Gasteiger partial charge in [0.05, 0.1) is 6.04 Å². The van der Waals surface area contributed by atoms with Gasteiger partial charge in [0.25, 0.3) is 0 Å². The summed E-state index contributed by atoms with van der Waals surface area (Å²) in [6.07, 6.45) is -0.0363. The van der Waals surface area contributed by atoms with Crippen LogP contribution in [0.15, 0.2) is 0 Å². The maximum absolute atomic E-state index is 10.6. The predicted molar refractivity (Wildman–Crippen MR) is 44.3 cm³/mol. The predicted octanol–water partition coefficient (Wildman–Crippen LogP) is -0.544. The number of carboxylic acid groups (broad SMARTS) is 1. The number of hydrogen-bond acceptors (Lipinski definition) is 3. The second-order valence-electron chi connectivity index (χ2n) is 2.22. The van der Waals surface area contributed by atoms with Gasteiger partial charge in [-0.05, 0) is 0 Å². The third-order valence-corrected chi connectivity index (χ3v) is 0.946. The molecule has 0 heterocycles. The van der Waals surface area contributed by atoms with Crippen molar-refractivity contribution >= 4 is 11.9 Å². The molecule has 0 bridgehead atoms. The van der Waals surface area contributed by atoms with Gasteiger partial charge in [0, 0.05) is 6.42 Å². The first-order valence-electron chi connectivity index (χ1n) is 3.41. The summed E-state index contributed by atoms with van der Waals surface area (Å²) < 4.78 is 31.7. The van der Waals surface area contributed by atoms with E-state index in [1.165, 1.54) is 0 Å². The Morgan fingerprint density at radius 2 is 1.80 bits per heavy atom. The first-order valence-corrected chi connectivity index (χ1v) is 3.41. The van der Waals surface area contributed by atoms with Crippen LogP contribution in [0.5, 0.6) is 0 Å². The quantitative estimate of drug-likeness (QED) is 0.549. The number of carbonyl (C=O) groups excluding carboxylic acids is 1. The number of rotatable bonds is 2. The zero-order valence-corrected chi connectivity index (χ0v) is 7.41. The van der Waals surface area contributed by atoms with Crippen LogP contribution in [-0.4, -0.2) is 29.2 Å². The monoisotopic (exact) mass is 226 g/mol. The second-order valence-corrected chi connectivity index (χ2v) is 2.22. The van der Waals surface area contributed by atoms with E-state index in [-0.39, 0.29) is 6.42 Å². The van der Waals surface area contributed by atoms with Crippen molar-refractivity contribution in [3.8, 4) is 12.3 Å². The molecule has 0 aliphatic carbocycles. The Morgan fingerprint density at radius 1 is 1.47 bits per heavy atom. The van der Waals surface area contributed by atoms with Crippen molar-refractivity contribution < 1.29 is 27.9 Å². The summed E-state index contributed by atoms with van der Waals surface area (Å²) >= 11 is 0. The van der Waals surface area contributed by atoms with Crippen LogP contribution >= 0.6 is 0 Å². The number of aliphatic carboxylic acids is 1. The lowest BCUT2D eigenvalue weighted by Crippen LogP contribution is -2.35. The molecule has 1 unspecified atom stereocenters. The standard InChI is InChI=1S/C5H8N2O.C2HF3O2/c1-2-3-4(6)5(7)8;3-2(4,5)1(6)7/h1,4H,3,6H2,(H2,7,8);(H,6,7). The van der Waals surface area contributed by atoms with Gasteiger partial charge in [-0.1, -0.05) is 0 Å². The van der Waals surface area contributed by atoms with E-state index in [2.05, 4.69) is 5.92 Å². The van der Waals surface area contributed by atoms with Crippen LogP contribution in [0.2, 0.25) is 0 Å². The number of halogens is 3. The number of hydrogen-bond donors (Lipinski definition) is 3. The van der Waals surface area contributed by atoms with Crippen molar-refractivity contribution in [3.05, 3.63) is 0 Å². The summed E-state index contributed by atoms with van der Waals surface area (Å²) in [6.45, 7) is 0. The Labute approximate surface area is 83.2 Å². The summed E-state index contributed by atoms with van der Waals surface area (Å²) in [5.74, 6) is -1.09. The summed E-state index contributed by atoms with van der Waals surface area (Å²) in [5, 5.41) is 7.12. The molecule has 0 aromatic carbocycles. The van der Waals surface area contributed by atoms with Crippen LogP contribution in [0, 0.1) is 12.3 Å². The highest BCUT2D eigenvalue weighted by molar-refractivity contribution is 5.79. The molecule has 0 rings (SSSR count). The topological polar surface area (TPSA) is 106 Å². The smallest absolute Gasteiger partial charge is 0.475 e. The fraction of sp³-hybridized carbons (Fsp3) is 0.429. The maximum atomic E-state index is 10.6. The van der Waals surface area contributed by atoms with Crippen molar-refractivity contribution in [2.75, 3.05) is 0 Å². The summed E-state index contributed by atoms with van der Waals surface area (Å²) in [4.78, 5) is 19.0. The number of nitrogens with two attached hydrogens (primary N) is 2. The Bertz CT molecular complexity index is 270. The van der Waals surface area contributed by atoms with E-state index in [9.17, 15) is 18.0 Å².